The lowest BCUT2D eigenvalue weighted by Gasteiger charge is -2.12. The summed E-state index contributed by atoms with van der Waals surface area (Å²) in [5.41, 5.74) is 2.75. The third-order valence-electron chi connectivity index (χ3n) is 3.54. The number of nitrogens with one attached hydrogen (secondary N) is 1. The Hall–Kier alpha value is -2.07. The van der Waals surface area contributed by atoms with Crippen LogP contribution >= 0.6 is 11.8 Å². The van der Waals surface area contributed by atoms with Gasteiger partial charge in [-0.3, -0.25) is 9.59 Å². The van der Waals surface area contributed by atoms with Crippen LogP contribution in [0.5, 0.6) is 0 Å². The highest BCUT2D eigenvalue weighted by atomic mass is 32.2. The van der Waals surface area contributed by atoms with Crippen molar-refractivity contribution in [2.45, 2.75) is 23.0 Å². The van der Waals surface area contributed by atoms with Gasteiger partial charge in [0.05, 0.1) is 5.25 Å². The first-order valence-corrected chi connectivity index (χ1v) is 7.75. The second-order valence-electron chi connectivity index (χ2n) is 4.98. The van der Waals surface area contributed by atoms with Crippen LogP contribution in [0.3, 0.4) is 0 Å². The van der Waals surface area contributed by atoms with Gasteiger partial charge >= 0.3 is 0 Å². The molecule has 1 heterocycles. The molecule has 1 aliphatic heterocycles. The van der Waals surface area contributed by atoms with E-state index in [0.717, 1.165) is 29.7 Å². The zero-order valence-corrected chi connectivity index (χ0v) is 12.2. The standard InChI is InChI=1S/C17H15NO2S/c19-11-12-5-8-14(9-6-12)21-16-10-7-13-3-1-2-4-15(13)18-17(16)20/h1-6,8-9,11,16H,7,10H2,(H,18,20). The summed E-state index contributed by atoms with van der Waals surface area (Å²) < 4.78 is 0. The topological polar surface area (TPSA) is 46.2 Å². The molecule has 2 aromatic rings. The van der Waals surface area contributed by atoms with Gasteiger partial charge in [0.15, 0.2) is 0 Å². The Balaban J connectivity index is 1.74. The minimum Gasteiger partial charge on any atom is -0.325 e. The second-order valence-corrected chi connectivity index (χ2v) is 6.25. The number of hydrogen-bond acceptors (Lipinski definition) is 3. The molecular weight excluding hydrogens is 282 g/mol. The fourth-order valence-electron chi connectivity index (χ4n) is 2.39. The van der Waals surface area contributed by atoms with E-state index < -0.39 is 0 Å². The third kappa shape index (κ3) is 3.16. The van der Waals surface area contributed by atoms with Crippen LogP contribution in [0, 0.1) is 0 Å². The van der Waals surface area contributed by atoms with Gasteiger partial charge in [-0.25, -0.2) is 0 Å². The molecule has 1 unspecified atom stereocenters. The number of carbonyl (C=O) groups excluding carboxylic acids is 2. The number of para-hydroxylation sites is 1. The van der Waals surface area contributed by atoms with Gasteiger partial charge in [0.25, 0.3) is 0 Å². The summed E-state index contributed by atoms with van der Waals surface area (Å²) in [7, 11) is 0. The Kier molecular flexibility index (Phi) is 4.06. The Bertz CT molecular complexity index is 667. The molecule has 0 fully saturated rings. The average molecular weight is 297 g/mol. The van der Waals surface area contributed by atoms with Crippen LogP contribution in [-0.4, -0.2) is 17.4 Å². The van der Waals surface area contributed by atoms with Crippen LogP contribution in [-0.2, 0) is 11.2 Å². The highest BCUT2D eigenvalue weighted by molar-refractivity contribution is 8.00. The number of hydrogen-bond donors (Lipinski definition) is 1. The highest BCUT2D eigenvalue weighted by Gasteiger charge is 2.24. The summed E-state index contributed by atoms with van der Waals surface area (Å²) in [5, 5.41) is 2.89. The maximum atomic E-state index is 12.3. The Morgan fingerprint density at radius 2 is 1.86 bits per heavy atom. The Morgan fingerprint density at radius 3 is 2.62 bits per heavy atom. The highest BCUT2D eigenvalue weighted by Crippen LogP contribution is 2.31. The van der Waals surface area contributed by atoms with Crippen molar-refractivity contribution in [3.05, 3.63) is 59.7 Å². The predicted octanol–water partition coefficient (Wildman–Crippen LogP) is 3.54. The van der Waals surface area contributed by atoms with Crippen LogP contribution in [0.2, 0.25) is 0 Å². The number of amides is 1. The minimum absolute atomic E-state index is 0.0458. The third-order valence-corrected chi connectivity index (χ3v) is 4.82. The smallest absolute Gasteiger partial charge is 0.237 e. The second kappa shape index (κ2) is 6.14. The first-order chi connectivity index (χ1) is 10.3. The minimum atomic E-state index is -0.112. The van der Waals surface area contributed by atoms with E-state index in [2.05, 4.69) is 11.4 Å². The zero-order chi connectivity index (χ0) is 14.7. The van der Waals surface area contributed by atoms with Gasteiger partial charge in [-0.2, -0.15) is 0 Å². The molecule has 21 heavy (non-hydrogen) atoms. The van der Waals surface area contributed by atoms with Crippen molar-refractivity contribution in [1.82, 2.24) is 0 Å². The molecular formula is C17H15NO2S. The Labute approximate surface area is 127 Å². The SMILES string of the molecule is O=Cc1ccc(SC2CCc3ccccc3NC2=O)cc1. The van der Waals surface area contributed by atoms with Gasteiger partial charge in [-0.15, -0.1) is 11.8 Å². The van der Waals surface area contributed by atoms with Crippen molar-refractivity contribution < 1.29 is 9.59 Å². The van der Waals surface area contributed by atoms with Crippen LogP contribution < -0.4 is 5.32 Å². The fourth-order valence-corrected chi connectivity index (χ4v) is 3.42. The normalized spacial score (nSPS) is 17.5. The first-order valence-electron chi connectivity index (χ1n) is 6.87. The molecule has 3 nitrogen and oxygen atoms in total. The van der Waals surface area contributed by atoms with E-state index in [1.165, 1.54) is 5.56 Å². The molecule has 106 valence electrons. The van der Waals surface area contributed by atoms with E-state index in [9.17, 15) is 9.59 Å². The fraction of sp³-hybridized carbons (Fsp3) is 0.176. The quantitative estimate of drug-likeness (QED) is 0.881. The van der Waals surface area contributed by atoms with Crippen molar-refractivity contribution in [3.63, 3.8) is 0 Å². The number of anilines is 1. The summed E-state index contributed by atoms with van der Waals surface area (Å²) in [4.78, 5) is 24.0. The zero-order valence-electron chi connectivity index (χ0n) is 11.4. The van der Waals surface area contributed by atoms with Gasteiger partial charge in [0.2, 0.25) is 5.91 Å². The van der Waals surface area contributed by atoms with Gasteiger partial charge in [0.1, 0.15) is 6.29 Å². The lowest BCUT2D eigenvalue weighted by atomic mass is 10.1. The maximum Gasteiger partial charge on any atom is 0.237 e. The lowest BCUT2D eigenvalue weighted by molar-refractivity contribution is -0.115. The van der Waals surface area contributed by atoms with Crippen molar-refractivity contribution in [1.29, 1.82) is 0 Å². The molecule has 0 aromatic heterocycles. The summed E-state index contributed by atoms with van der Waals surface area (Å²) in [6.07, 6.45) is 2.52. The van der Waals surface area contributed by atoms with E-state index in [1.54, 1.807) is 23.9 Å². The molecule has 1 N–H and O–H groups in total. The molecule has 1 amide bonds. The van der Waals surface area contributed by atoms with Crippen LogP contribution in [0.1, 0.15) is 22.3 Å². The molecule has 2 aromatic carbocycles. The molecule has 0 aliphatic carbocycles. The van der Waals surface area contributed by atoms with E-state index in [0.29, 0.717) is 5.56 Å². The van der Waals surface area contributed by atoms with Crippen molar-refractivity contribution in [2.24, 2.45) is 0 Å². The van der Waals surface area contributed by atoms with Gasteiger partial charge in [-0.05, 0) is 36.6 Å². The maximum absolute atomic E-state index is 12.3. The lowest BCUT2D eigenvalue weighted by Crippen LogP contribution is -2.23. The van der Waals surface area contributed by atoms with E-state index in [1.807, 2.05) is 30.3 Å². The van der Waals surface area contributed by atoms with E-state index in [-0.39, 0.29) is 11.2 Å². The van der Waals surface area contributed by atoms with Crippen LogP contribution in [0.15, 0.2) is 53.4 Å². The molecule has 4 heteroatoms. The van der Waals surface area contributed by atoms with Crippen molar-refractivity contribution in [3.8, 4) is 0 Å². The first kappa shape index (κ1) is 13.9. The van der Waals surface area contributed by atoms with Gasteiger partial charge in [0, 0.05) is 16.1 Å². The molecule has 0 spiro atoms. The molecule has 0 bridgehead atoms. The summed E-state index contributed by atoms with van der Waals surface area (Å²) in [5.74, 6) is 0.0458. The molecule has 0 saturated heterocycles. The number of aryl methyl sites for hydroxylation is 1. The monoisotopic (exact) mass is 297 g/mol. The van der Waals surface area contributed by atoms with Crippen molar-refractivity contribution in [2.75, 3.05) is 5.32 Å². The number of fused-ring (bicyclic) bond motifs is 1. The number of benzene rings is 2. The van der Waals surface area contributed by atoms with Crippen molar-refractivity contribution >= 4 is 29.6 Å². The number of carbonyl (C=O) groups is 2. The largest absolute Gasteiger partial charge is 0.325 e. The summed E-state index contributed by atoms with van der Waals surface area (Å²) in [6.45, 7) is 0. The molecule has 3 rings (SSSR count). The summed E-state index contributed by atoms with van der Waals surface area (Å²) in [6, 6.07) is 15.3. The molecule has 0 radical (unpaired) electrons. The number of rotatable bonds is 3. The average Bonchev–Trinajstić information content (AvgIpc) is 2.67. The van der Waals surface area contributed by atoms with Crippen LogP contribution in [0.25, 0.3) is 0 Å². The van der Waals surface area contributed by atoms with Crippen LogP contribution in [0.4, 0.5) is 5.69 Å². The number of aldehydes is 1. The molecule has 1 aliphatic rings. The Morgan fingerprint density at radius 1 is 1.10 bits per heavy atom. The molecule has 0 saturated carbocycles. The van der Waals surface area contributed by atoms with Gasteiger partial charge < -0.3 is 5.32 Å². The van der Waals surface area contributed by atoms with E-state index >= 15 is 0 Å². The van der Waals surface area contributed by atoms with E-state index in [4.69, 9.17) is 0 Å². The molecule has 1 atom stereocenters. The summed E-state index contributed by atoms with van der Waals surface area (Å²) >= 11 is 1.55. The predicted molar refractivity (Wildman–Crippen MR) is 84.9 cm³/mol. The van der Waals surface area contributed by atoms with Gasteiger partial charge in [-0.1, -0.05) is 30.3 Å². The number of thioether (sulfide) groups is 1.